The number of hydrogen-bond donors (Lipinski definition) is 1. The first-order chi connectivity index (χ1) is 9.42. The lowest BCUT2D eigenvalue weighted by atomic mass is 9.79. The molecule has 0 saturated carbocycles. The second-order valence-corrected chi connectivity index (χ2v) is 6.56. The fourth-order valence-electron chi connectivity index (χ4n) is 2.90. The topological polar surface area (TPSA) is 15.3 Å². The van der Waals surface area contributed by atoms with Gasteiger partial charge in [0.25, 0.3) is 0 Å². The summed E-state index contributed by atoms with van der Waals surface area (Å²) in [6.07, 6.45) is 1.20. The van der Waals surface area contributed by atoms with Crippen LogP contribution in [0.2, 0.25) is 0 Å². The maximum absolute atomic E-state index is 3.67. The van der Waals surface area contributed by atoms with Crippen LogP contribution in [0.5, 0.6) is 0 Å². The molecule has 1 aromatic carbocycles. The molecular weight excluding hydrogens is 244 g/mol. The summed E-state index contributed by atoms with van der Waals surface area (Å²) in [4.78, 5) is 2.48. The largest absolute Gasteiger partial charge is 0.310 e. The Balaban J connectivity index is 2.89. The zero-order valence-electron chi connectivity index (χ0n) is 14.1. The fraction of sp³-hybridized carbons (Fsp3) is 0.667. The Labute approximate surface area is 125 Å². The molecule has 0 aromatic heterocycles. The first-order valence-electron chi connectivity index (χ1n) is 7.91. The Morgan fingerprint density at radius 2 is 1.75 bits per heavy atom. The van der Waals surface area contributed by atoms with Crippen LogP contribution in [0.25, 0.3) is 0 Å². The predicted molar refractivity (Wildman–Crippen MR) is 89.0 cm³/mol. The van der Waals surface area contributed by atoms with Crippen molar-refractivity contribution in [3.8, 4) is 0 Å². The van der Waals surface area contributed by atoms with Crippen LogP contribution < -0.4 is 5.32 Å². The lowest BCUT2D eigenvalue weighted by Gasteiger charge is -2.40. The number of nitrogens with zero attached hydrogens (tertiary/aromatic N) is 1. The van der Waals surface area contributed by atoms with E-state index in [-0.39, 0.29) is 5.41 Å². The molecule has 0 heterocycles. The second kappa shape index (κ2) is 7.80. The van der Waals surface area contributed by atoms with Gasteiger partial charge in [-0.2, -0.15) is 0 Å². The molecule has 0 aliphatic heterocycles. The summed E-state index contributed by atoms with van der Waals surface area (Å²) < 4.78 is 0. The van der Waals surface area contributed by atoms with E-state index in [1.54, 1.807) is 0 Å². The van der Waals surface area contributed by atoms with E-state index in [0.29, 0.717) is 12.1 Å². The van der Waals surface area contributed by atoms with E-state index in [1.165, 1.54) is 12.0 Å². The maximum atomic E-state index is 3.67. The van der Waals surface area contributed by atoms with Gasteiger partial charge in [-0.3, -0.25) is 0 Å². The van der Waals surface area contributed by atoms with Gasteiger partial charge in [-0.25, -0.2) is 0 Å². The molecule has 0 amide bonds. The molecule has 1 aromatic rings. The molecule has 0 aliphatic rings. The third kappa shape index (κ3) is 4.60. The number of rotatable bonds is 8. The molecule has 0 saturated heterocycles. The van der Waals surface area contributed by atoms with E-state index in [4.69, 9.17) is 0 Å². The molecule has 0 radical (unpaired) electrons. The Kier molecular flexibility index (Phi) is 6.70. The van der Waals surface area contributed by atoms with Gasteiger partial charge in [-0.15, -0.1) is 0 Å². The Hall–Kier alpha value is -0.860. The summed E-state index contributed by atoms with van der Waals surface area (Å²) in [6.45, 7) is 13.6. The third-order valence-corrected chi connectivity index (χ3v) is 4.32. The Morgan fingerprint density at radius 3 is 2.25 bits per heavy atom. The zero-order chi connectivity index (χ0) is 15.2. The minimum absolute atomic E-state index is 0.190. The van der Waals surface area contributed by atoms with Crippen LogP contribution in [0, 0.1) is 5.41 Å². The summed E-state index contributed by atoms with van der Waals surface area (Å²) in [7, 11) is 2.24. The fourth-order valence-corrected chi connectivity index (χ4v) is 2.90. The lowest BCUT2D eigenvalue weighted by molar-refractivity contribution is 0.128. The van der Waals surface area contributed by atoms with Gasteiger partial charge in [0.15, 0.2) is 0 Å². The van der Waals surface area contributed by atoms with E-state index >= 15 is 0 Å². The molecule has 2 unspecified atom stereocenters. The Morgan fingerprint density at radius 1 is 1.15 bits per heavy atom. The molecule has 0 fully saturated rings. The van der Waals surface area contributed by atoms with Gasteiger partial charge in [-0.1, -0.05) is 58.0 Å². The van der Waals surface area contributed by atoms with E-state index in [1.807, 2.05) is 0 Å². The van der Waals surface area contributed by atoms with Crippen molar-refractivity contribution in [3.63, 3.8) is 0 Å². The third-order valence-electron chi connectivity index (χ3n) is 4.32. The van der Waals surface area contributed by atoms with Crippen LogP contribution in [0.4, 0.5) is 0 Å². The minimum Gasteiger partial charge on any atom is -0.310 e. The van der Waals surface area contributed by atoms with Gasteiger partial charge in [0, 0.05) is 18.6 Å². The SMILES string of the molecule is CCNC(c1ccccc1)C(C)(C)CN(C)C(C)CC. The van der Waals surface area contributed by atoms with Crippen molar-refractivity contribution in [2.75, 3.05) is 20.1 Å². The van der Waals surface area contributed by atoms with Crippen molar-refractivity contribution in [1.29, 1.82) is 0 Å². The average Bonchev–Trinajstić information content (AvgIpc) is 2.44. The first-order valence-corrected chi connectivity index (χ1v) is 7.91. The average molecular weight is 276 g/mol. The molecule has 20 heavy (non-hydrogen) atoms. The highest BCUT2D eigenvalue weighted by molar-refractivity contribution is 5.21. The molecule has 1 N–H and O–H groups in total. The summed E-state index contributed by atoms with van der Waals surface area (Å²) >= 11 is 0. The van der Waals surface area contributed by atoms with Crippen molar-refractivity contribution in [2.45, 2.75) is 53.1 Å². The molecule has 0 bridgehead atoms. The number of benzene rings is 1. The highest BCUT2D eigenvalue weighted by atomic mass is 15.1. The zero-order valence-corrected chi connectivity index (χ0v) is 14.1. The van der Waals surface area contributed by atoms with E-state index in [9.17, 15) is 0 Å². The maximum Gasteiger partial charge on any atom is 0.0384 e. The molecule has 0 aliphatic carbocycles. The van der Waals surface area contributed by atoms with Crippen molar-refractivity contribution in [3.05, 3.63) is 35.9 Å². The van der Waals surface area contributed by atoms with Crippen molar-refractivity contribution in [1.82, 2.24) is 10.2 Å². The molecule has 114 valence electrons. The van der Waals surface area contributed by atoms with Crippen molar-refractivity contribution >= 4 is 0 Å². The van der Waals surface area contributed by atoms with E-state index in [0.717, 1.165) is 13.1 Å². The number of hydrogen-bond acceptors (Lipinski definition) is 2. The van der Waals surface area contributed by atoms with Gasteiger partial charge >= 0.3 is 0 Å². The Bertz CT molecular complexity index is 372. The minimum atomic E-state index is 0.190. The molecule has 2 atom stereocenters. The molecule has 0 spiro atoms. The van der Waals surface area contributed by atoms with Gasteiger partial charge in [0.2, 0.25) is 0 Å². The summed E-state index contributed by atoms with van der Waals surface area (Å²) in [5.74, 6) is 0. The molecule has 2 heteroatoms. The van der Waals surface area contributed by atoms with Gasteiger partial charge in [0.05, 0.1) is 0 Å². The second-order valence-electron chi connectivity index (χ2n) is 6.56. The summed E-state index contributed by atoms with van der Waals surface area (Å²) in [5.41, 5.74) is 1.58. The number of nitrogens with one attached hydrogen (secondary N) is 1. The van der Waals surface area contributed by atoms with Crippen molar-refractivity contribution < 1.29 is 0 Å². The molecule has 1 rings (SSSR count). The summed E-state index contributed by atoms with van der Waals surface area (Å²) in [6, 6.07) is 11.8. The highest BCUT2D eigenvalue weighted by Gasteiger charge is 2.32. The van der Waals surface area contributed by atoms with Crippen LogP contribution in [-0.4, -0.2) is 31.1 Å². The van der Waals surface area contributed by atoms with E-state index in [2.05, 4.69) is 82.2 Å². The van der Waals surface area contributed by atoms with E-state index < -0.39 is 0 Å². The normalized spacial score (nSPS) is 15.3. The van der Waals surface area contributed by atoms with Crippen molar-refractivity contribution in [2.24, 2.45) is 5.41 Å². The smallest absolute Gasteiger partial charge is 0.0384 e. The first kappa shape index (κ1) is 17.2. The predicted octanol–water partition coefficient (Wildman–Crippen LogP) is 4.09. The highest BCUT2D eigenvalue weighted by Crippen LogP contribution is 2.34. The van der Waals surface area contributed by atoms with Crippen LogP contribution in [-0.2, 0) is 0 Å². The van der Waals surface area contributed by atoms with Crippen LogP contribution in [0.1, 0.15) is 52.6 Å². The van der Waals surface area contributed by atoms with Crippen LogP contribution in [0.15, 0.2) is 30.3 Å². The van der Waals surface area contributed by atoms with Crippen LogP contribution in [0.3, 0.4) is 0 Å². The van der Waals surface area contributed by atoms with Gasteiger partial charge in [0.1, 0.15) is 0 Å². The molecule has 2 nitrogen and oxygen atoms in total. The molecular formula is C18H32N2. The standard InChI is InChI=1S/C18H32N2/c1-7-15(3)20(6)14-18(4,5)17(19-8-2)16-12-10-9-11-13-16/h9-13,15,17,19H,7-8,14H2,1-6H3. The lowest BCUT2D eigenvalue weighted by Crippen LogP contribution is -2.44. The van der Waals surface area contributed by atoms with Gasteiger partial charge < -0.3 is 10.2 Å². The summed E-state index contributed by atoms with van der Waals surface area (Å²) in [5, 5.41) is 3.67. The van der Waals surface area contributed by atoms with Crippen LogP contribution >= 0.6 is 0 Å². The van der Waals surface area contributed by atoms with Gasteiger partial charge in [-0.05, 0) is 37.9 Å². The monoisotopic (exact) mass is 276 g/mol. The quantitative estimate of drug-likeness (QED) is 0.769.